The zero-order chi connectivity index (χ0) is 21.5. The van der Waals surface area contributed by atoms with Gasteiger partial charge in [0.05, 0.1) is 7.11 Å². The van der Waals surface area contributed by atoms with Crippen LogP contribution in [0.2, 0.25) is 0 Å². The molecule has 1 unspecified atom stereocenters. The van der Waals surface area contributed by atoms with Gasteiger partial charge in [0.2, 0.25) is 0 Å². The smallest absolute Gasteiger partial charge is 0.333 e. The van der Waals surface area contributed by atoms with Gasteiger partial charge in [-0.3, -0.25) is 0 Å². The minimum Gasteiger partial charge on any atom is -0.497 e. The number of hydrogen-bond donors (Lipinski definition) is 1. The molecule has 3 rings (SSSR count). The Labute approximate surface area is 180 Å². The summed E-state index contributed by atoms with van der Waals surface area (Å²) in [5.41, 5.74) is 3.21. The molecule has 1 aromatic heterocycles. The van der Waals surface area contributed by atoms with Gasteiger partial charge in [0.25, 0.3) is 0 Å². The van der Waals surface area contributed by atoms with Gasteiger partial charge in [0.15, 0.2) is 6.10 Å². The van der Waals surface area contributed by atoms with Crippen LogP contribution in [0.15, 0.2) is 54.6 Å². The number of carboxylic acid groups (broad SMARTS) is 1. The topological polar surface area (TPSA) is 65.0 Å². The number of rotatable bonds is 10. The third kappa shape index (κ3) is 5.62. The number of benzene rings is 2. The first-order chi connectivity index (χ1) is 14.5. The largest absolute Gasteiger partial charge is 0.497 e. The van der Waals surface area contributed by atoms with E-state index in [1.165, 1.54) is 15.3 Å². The van der Waals surface area contributed by atoms with Crippen LogP contribution in [0.3, 0.4) is 0 Å². The first-order valence-electron chi connectivity index (χ1n) is 9.80. The van der Waals surface area contributed by atoms with Gasteiger partial charge < -0.3 is 19.3 Å². The molecule has 0 bridgehead atoms. The minimum absolute atomic E-state index is 0.331. The molecule has 30 heavy (non-hydrogen) atoms. The molecule has 5 nitrogen and oxygen atoms in total. The molecule has 1 N–H and O–H groups in total. The Balaban J connectivity index is 1.63. The summed E-state index contributed by atoms with van der Waals surface area (Å²) in [5.74, 6) is 0.640. The van der Waals surface area contributed by atoms with Crippen molar-refractivity contribution in [2.24, 2.45) is 0 Å². The number of carboxylic acids is 1. The van der Waals surface area contributed by atoms with Gasteiger partial charge >= 0.3 is 5.97 Å². The van der Waals surface area contributed by atoms with Gasteiger partial charge in [0.1, 0.15) is 18.1 Å². The molecule has 3 aromatic rings. The zero-order valence-corrected chi connectivity index (χ0v) is 18.2. The van der Waals surface area contributed by atoms with Gasteiger partial charge in [-0.2, -0.15) is 0 Å². The second-order valence-corrected chi connectivity index (χ2v) is 8.00. The van der Waals surface area contributed by atoms with E-state index in [4.69, 9.17) is 14.2 Å². The summed E-state index contributed by atoms with van der Waals surface area (Å²) in [6.45, 7) is 4.73. The molecule has 0 spiro atoms. The maximum atomic E-state index is 11.2. The van der Waals surface area contributed by atoms with E-state index in [2.05, 4.69) is 19.1 Å². The lowest BCUT2D eigenvalue weighted by molar-refractivity contribution is -0.149. The van der Waals surface area contributed by atoms with Gasteiger partial charge in [-0.15, -0.1) is 11.3 Å². The van der Waals surface area contributed by atoms with Crippen molar-refractivity contribution < 1.29 is 24.1 Å². The van der Waals surface area contributed by atoms with Crippen LogP contribution in [0, 0.1) is 6.92 Å². The van der Waals surface area contributed by atoms with Crippen molar-refractivity contribution in [1.29, 1.82) is 0 Å². The normalized spacial score (nSPS) is 11.8. The summed E-state index contributed by atoms with van der Waals surface area (Å²) >= 11 is 1.71. The van der Waals surface area contributed by atoms with Crippen LogP contribution in [0.5, 0.6) is 11.5 Å². The van der Waals surface area contributed by atoms with Crippen LogP contribution >= 0.6 is 11.3 Å². The van der Waals surface area contributed by atoms with E-state index in [9.17, 15) is 9.90 Å². The Bertz CT molecular complexity index is 978. The van der Waals surface area contributed by atoms with E-state index in [-0.39, 0.29) is 0 Å². The third-order valence-corrected chi connectivity index (χ3v) is 5.99. The molecule has 0 radical (unpaired) electrons. The fraction of sp³-hybridized carbons (Fsp3) is 0.292. The summed E-state index contributed by atoms with van der Waals surface area (Å²) in [7, 11) is 1.67. The number of hydrogen-bond acceptors (Lipinski definition) is 5. The van der Waals surface area contributed by atoms with Gasteiger partial charge in [-0.25, -0.2) is 4.79 Å². The monoisotopic (exact) mass is 426 g/mol. The van der Waals surface area contributed by atoms with Crippen LogP contribution in [-0.4, -0.2) is 30.9 Å². The predicted molar refractivity (Wildman–Crippen MR) is 119 cm³/mol. The quantitative estimate of drug-likeness (QED) is 0.474. The molecule has 1 atom stereocenters. The lowest BCUT2D eigenvalue weighted by Crippen LogP contribution is -2.26. The third-order valence-electron chi connectivity index (χ3n) is 4.73. The van der Waals surface area contributed by atoms with E-state index in [1.54, 1.807) is 25.4 Å². The van der Waals surface area contributed by atoms with E-state index in [0.717, 1.165) is 22.6 Å². The molecule has 0 fully saturated rings. The Kier molecular flexibility index (Phi) is 7.49. The van der Waals surface area contributed by atoms with Gasteiger partial charge in [0, 0.05) is 22.8 Å². The molecule has 0 saturated carbocycles. The summed E-state index contributed by atoms with van der Waals surface area (Å²) in [6.07, 6.45) is -0.497. The fourth-order valence-corrected chi connectivity index (χ4v) is 4.17. The molecule has 1 heterocycles. The maximum Gasteiger partial charge on any atom is 0.333 e. The second-order valence-electron chi connectivity index (χ2n) is 6.87. The molecule has 2 aromatic carbocycles. The second kappa shape index (κ2) is 10.3. The minimum atomic E-state index is -0.947. The SMILES string of the molecule is CCOC(Cc1ccc(OCc2sc(-c3cccc(OC)c3)cc2C)cc1)C(=O)O. The first-order valence-corrected chi connectivity index (χ1v) is 10.6. The zero-order valence-electron chi connectivity index (χ0n) is 17.4. The number of thiophene rings is 1. The summed E-state index contributed by atoms with van der Waals surface area (Å²) < 4.78 is 16.6. The number of aryl methyl sites for hydroxylation is 1. The average molecular weight is 427 g/mol. The summed E-state index contributed by atoms with van der Waals surface area (Å²) in [6, 6.07) is 17.7. The molecule has 0 amide bonds. The van der Waals surface area contributed by atoms with Crippen molar-refractivity contribution in [3.05, 3.63) is 70.6 Å². The highest BCUT2D eigenvalue weighted by Gasteiger charge is 2.18. The van der Waals surface area contributed by atoms with E-state index in [1.807, 2.05) is 42.5 Å². The van der Waals surface area contributed by atoms with Crippen molar-refractivity contribution in [2.45, 2.75) is 33.0 Å². The Hall–Kier alpha value is -2.83. The van der Waals surface area contributed by atoms with Crippen molar-refractivity contribution in [2.75, 3.05) is 13.7 Å². The number of carbonyl (C=O) groups is 1. The van der Waals surface area contributed by atoms with Crippen LogP contribution in [0.1, 0.15) is 22.9 Å². The number of aliphatic carboxylic acids is 1. The van der Waals surface area contributed by atoms with Crippen LogP contribution in [0.4, 0.5) is 0 Å². The van der Waals surface area contributed by atoms with Crippen molar-refractivity contribution in [3.63, 3.8) is 0 Å². The highest BCUT2D eigenvalue weighted by atomic mass is 32.1. The average Bonchev–Trinajstić information content (AvgIpc) is 3.13. The molecule has 6 heteroatoms. The standard InChI is InChI=1S/C24H26O5S/c1-4-28-21(24(25)26)13-17-8-10-19(11-9-17)29-15-23-16(2)12-22(30-23)18-6-5-7-20(14-18)27-3/h5-12,14,21H,4,13,15H2,1-3H3,(H,25,26). The number of methoxy groups -OCH3 is 1. The molecular weight excluding hydrogens is 400 g/mol. The van der Waals surface area contributed by atoms with Crippen molar-refractivity contribution in [1.82, 2.24) is 0 Å². The predicted octanol–water partition coefficient (Wildman–Crippen LogP) is 5.34. The van der Waals surface area contributed by atoms with Crippen molar-refractivity contribution >= 4 is 17.3 Å². The van der Waals surface area contributed by atoms with Gasteiger partial charge in [-0.05, 0) is 60.9 Å². The van der Waals surface area contributed by atoms with Crippen LogP contribution < -0.4 is 9.47 Å². The lowest BCUT2D eigenvalue weighted by atomic mass is 10.1. The number of ether oxygens (including phenoxy) is 3. The van der Waals surface area contributed by atoms with Crippen molar-refractivity contribution in [3.8, 4) is 21.9 Å². The maximum absolute atomic E-state index is 11.2. The molecule has 0 aliphatic carbocycles. The van der Waals surface area contributed by atoms with E-state index in [0.29, 0.717) is 19.6 Å². The lowest BCUT2D eigenvalue weighted by Gasteiger charge is -2.13. The Morgan fingerprint density at radius 3 is 2.53 bits per heavy atom. The summed E-state index contributed by atoms with van der Waals surface area (Å²) in [5, 5.41) is 9.21. The summed E-state index contributed by atoms with van der Waals surface area (Å²) in [4.78, 5) is 13.6. The van der Waals surface area contributed by atoms with Gasteiger partial charge in [-0.1, -0.05) is 24.3 Å². The highest BCUT2D eigenvalue weighted by Crippen LogP contribution is 2.33. The molecule has 0 aliphatic rings. The molecule has 0 saturated heterocycles. The molecular formula is C24H26O5S. The molecule has 0 aliphatic heterocycles. The Morgan fingerprint density at radius 2 is 1.87 bits per heavy atom. The highest BCUT2D eigenvalue weighted by molar-refractivity contribution is 7.15. The first kappa shape index (κ1) is 21.9. The van der Waals surface area contributed by atoms with Crippen LogP contribution in [0.25, 0.3) is 10.4 Å². The van der Waals surface area contributed by atoms with Crippen LogP contribution in [-0.2, 0) is 22.6 Å². The van der Waals surface area contributed by atoms with E-state index >= 15 is 0 Å². The Morgan fingerprint density at radius 1 is 1.10 bits per heavy atom. The van der Waals surface area contributed by atoms with E-state index < -0.39 is 12.1 Å². The fourth-order valence-electron chi connectivity index (χ4n) is 3.09. The molecule has 158 valence electrons.